The van der Waals surface area contributed by atoms with Gasteiger partial charge in [-0.25, -0.2) is 8.42 Å². The van der Waals surface area contributed by atoms with Gasteiger partial charge >= 0.3 is 0 Å². The molecule has 0 aliphatic heterocycles. The largest absolute Gasteiger partial charge is 0.243 e. The van der Waals surface area contributed by atoms with E-state index < -0.39 is 10.0 Å². The maximum absolute atomic E-state index is 12.8. The van der Waals surface area contributed by atoms with Crippen LogP contribution in [0.4, 0.5) is 0 Å². The Morgan fingerprint density at radius 1 is 1.00 bits per heavy atom. The van der Waals surface area contributed by atoms with Crippen molar-refractivity contribution in [3.8, 4) is 6.07 Å². The first-order valence-corrected chi connectivity index (χ1v) is 8.96. The fraction of sp³-hybridized carbons (Fsp3) is 0.278. The summed E-state index contributed by atoms with van der Waals surface area (Å²) < 4.78 is 27.0. The molecule has 0 amide bonds. The smallest absolute Gasteiger partial charge is 0.207 e. The predicted octanol–water partition coefficient (Wildman–Crippen LogP) is 3.14. The zero-order valence-electron chi connectivity index (χ0n) is 13.1. The Morgan fingerprint density at radius 2 is 1.65 bits per heavy atom. The van der Waals surface area contributed by atoms with Gasteiger partial charge in [-0.1, -0.05) is 48.0 Å². The topological polar surface area (TPSA) is 61.2 Å². The van der Waals surface area contributed by atoms with Crippen molar-refractivity contribution in [2.45, 2.75) is 24.7 Å². The molecule has 0 fully saturated rings. The number of hydrogen-bond donors (Lipinski definition) is 0. The second-order valence-electron chi connectivity index (χ2n) is 5.36. The Morgan fingerprint density at radius 3 is 2.26 bits per heavy atom. The summed E-state index contributed by atoms with van der Waals surface area (Å²) in [6.07, 6.45) is 0.803. The lowest BCUT2D eigenvalue weighted by Crippen LogP contribution is -2.33. The van der Waals surface area contributed by atoms with Gasteiger partial charge in [-0.3, -0.25) is 0 Å². The zero-order chi connectivity index (χ0) is 16.7. The van der Waals surface area contributed by atoms with Crippen LogP contribution >= 0.6 is 0 Å². The lowest BCUT2D eigenvalue weighted by Gasteiger charge is -2.21. The van der Waals surface area contributed by atoms with E-state index in [4.69, 9.17) is 5.26 Å². The number of benzene rings is 2. The summed E-state index contributed by atoms with van der Waals surface area (Å²) in [5.41, 5.74) is 2.09. The molecule has 0 aliphatic carbocycles. The zero-order valence-corrected chi connectivity index (χ0v) is 14.0. The molecule has 0 radical (unpaired) electrons. The molecule has 0 saturated carbocycles. The molecule has 120 valence electrons. The minimum atomic E-state index is -3.58. The summed E-state index contributed by atoms with van der Waals surface area (Å²) in [5, 5.41) is 8.80. The quantitative estimate of drug-likeness (QED) is 0.784. The lowest BCUT2D eigenvalue weighted by atomic mass is 10.1. The van der Waals surface area contributed by atoms with Crippen LogP contribution < -0.4 is 0 Å². The van der Waals surface area contributed by atoms with Gasteiger partial charge in [0.1, 0.15) is 0 Å². The SMILES string of the molecule is Cc1ccc(S(=O)(=O)N(CCC#N)CCc2ccccc2)cc1. The summed E-state index contributed by atoms with van der Waals surface area (Å²) in [5.74, 6) is 0. The van der Waals surface area contributed by atoms with Gasteiger partial charge in [0.25, 0.3) is 0 Å². The summed E-state index contributed by atoms with van der Waals surface area (Å²) in [7, 11) is -3.58. The van der Waals surface area contributed by atoms with Crippen molar-refractivity contribution in [1.82, 2.24) is 4.31 Å². The molecule has 0 aliphatic rings. The van der Waals surface area contributed by atoms with Crippen LogP contribution in [0.2, 0.25) is 0 Å². The third-order valence-electron chi connectivity index (χ3n) is 3.62. The monoisotopic (exact) mass is 328 g/mol. The average Bonchev–Trinajstić information content (AvgIpc) is 2.56. The van der Waals surface area contributed by atoms with Crippen molar-refractivity contribution >= 4 is 10.0 Å². The molecule has 5 heteroatoms. The average molecular weight is 328 g/mol. The van der Waals surface area contributed by atoms with Gasteiger partial charge in [-0.15, -0.1) is 0 Å². The number of nitriles is 1. The molecule has 4 nitrogen and oxygen atoms in total. The van der Waals surface area contributed by atoms with E-state index >= 15 is 0 Å². The second-order valence-corrected chi connectivity index (χ2v) is 7.30. The van der Waals surface area contributed by atoms with Gasteiger partial charge in [0, 0.05) is 19.5 Å². The van der Waals surface area contributed by atoms with Gasteiger partial charge in [0.05, 0.1) is 11.0 Å². The van der Waals surface area contributed by atoms with E-state index in [9.17, 15) is 8.42 Å². The summed E-state index contributed by atoms with van der Waals surface area (Å²) >= 11 is 0. The number of sulfonamides is 1. The van der Waals surface area contributed by atoms with Crippen molar-refractivity contribution < 1.29 is 8.42 Å². The van der Waals surface area contributed by atoms with Crippen LogP contribution in [0.1, 0.15) is 17.5 Å². The highest BCUT2D eigenvalue weighted by atomic mass is 32.2. The van der Waals surface area contributed by atoms with Crippen molar-refractivity contribution in [3.05, 3.63) is 65.7 Å². The van der Waals surface area contributed by atoms with E-state index in [2.05, 4.69) is 0 Å². The van der Waals surface area contributed by atoms with E-state index in [1.165, 1.54) is 4.31 Å². The van der Waals surface area contributed by atoms with Crippen LogP contribution in [0.5, 0.6) is 0 Å². The maximum Gasteiger partial charge on any atom is 0.243 e. The first-order chi connectivity index (χ1) is 11.0. The van der Waals surface area contributed by atoms with E-state index in [1.54, 1.807) is 24.3 Å². The van der Waals surface area contributed by atoms with E-state index in [1.807, 2.05) is 43.3 Å². The Labute approximate surface area is 138 Å². The molecular formula is C18H20N2O2S. The van der Waals surface area contributed by atoms with Crippen molar-refractivity contribution in [2.24, 2.45) is 0 Å². The first-order valence-electron chi connectivity index (χ1n) is 7.52. The predicted molar refractivity (Wildman–Crippen MR) is 90.3 cm³/mol. The molecular weight excluding hydrogens is 308 g/mol. The van der Waals surface area contributed by atoms with Crippen LogP contribution in [0.25, 0.3) is 0 Å². The minimum Gasteiger partial charge on any atom is -0.207 e. The molecule has 0 heterocycles. The maximum atomic E-state index is 12.8. The standard InChI is InChI=1S/C18H20N2O2S/c1-16-8-10-18(11-9-16)23(21,22)20(14-5-13-19)15-12-17-6-3-2-4-7-17/h2-4,6-11H,5,12,14-15H2,1H3. The Hall–Kier alpha value is -2.16. The highest BCUT2D eigenvalue weighted by Gasteiger charge is 2.23. The summed E-state index contributed by atoms with van der Waals surface area (Å²) in [6.45, 7) is 2.49. The second kappa shape index (κ2) is 7.91. The van der Waals surface area contributed by atoms with Gasteiger partial charge < -0.3 is 0 Å². The molecule has 0 saturated heterocycles. The Bertz CT molecular complexity index is 763. The van der Waals surface area contributed by atoms with Crippen LogP contribution in [0, 0.1) is 18.3 Å². The minimum absolute atomic E-state index is 0.180. The molecule has 0 N–H and O–H groups in total. The summed E-state index contributed by atoms with van der Waals surface area (Å²) in [4.78, 5) is 0.272. The van der Waals surface area contributed by atoms with Crippen LogP contribution in [0.3, 0.4) is 0 Å². The molecule has 2 aromatic carbocycles. The molecule has 0 spiro atoms. The number of aryl methyl sites for hydroxylation is 1. The lowest BCUT2D eigenvalue weighted by molar-refractivity contribution is 0.421. The van der Waals surface area contributed by atoms with E-state index in [0.717, 1.165) is 11.1 Å². The van der Waals surface area contributed by atoms with Gasteiger partial charge in [0.2, 0.25) is 10.0 Å². The van der Waals surface area contributed by atoms with Crippen LogP contribution in [0.15, 0.2) is 59.5 Å². The first kappa shape index (κ1) is 17.2. The van der Waals surface area contributed by atoms with Crippen LogP contribution in [-0.4, -0.2) is 25.8 Å². The van der Waals surface area contributed by atoms with Crippen molar-refractivity contribution in [3.63, 3.8) is 0 Å². The molecule has 2 aromatic rings. The van der Waals surface area contributed by atoms with Gasteiger partial charge in [0.15, 0.2) is 0 Å². The fourth-order valence-electron chi connectivity index (χ4n) is 2.28. The molecule has 0 unspecified atom stereocenters. The third kappa shape index (κ3) is 4.65. The molecule has 0 bridgehead atoms. The number of nitrogens with zero attached hydrogens (tertiary/aromatic N) is 2. The fourth-order valence-corrected chi connectivity index (χ4v) is 3.73. The van der Waals surface area contributed by atoms with Crippen molar-refractivity contribution in [2.75, 3.05) is 13.1 Å². The Balaban J connectivity index is 2.19. The number of hydrogen-bond acceptors (Lipinski definition) is 3. The van der Waals surface area contributed by atoms with Gasteiger partial charge in [-0.05, 0) is 31.0 Å². The third-order valence-corrected chi connectivity index (χ3v) is 5.54. The van der Waals surface area contributed by atoms with Gasteiger partial charge in [-0.2, -0.15) is 9.57 Å². The molecule has 23 heavy (non-hydrogen) atoms. The van der Waals surface area contributed by atoms with E-state index in [0.29, 0.717) is 13.0 Å². The van der Waals surface area contributed by atoms with Crippen LogP contribution in [-0.2, 0) is 16.4 Å². The Kier molecular flexibility index (Phi) is 5.91. The highest BCUT2D eigenvalue weighted by Crippen LogP contribution is 2.17. The highest BCUT2D eigenvalue weighted by molar-refractivity contribution is 7.89. The normalized spacial score (nSPS) is 11.3. The molecule has 0 aromatic heterocycles. The molecule has 2 rings (SSSR count). The number of rotatable bonds is 7. The summed E-state index contributed by atoms with van der Waals surface area (Å²) in [6, 6.07) is 18.6. The molecule has 0 atom stereocenters. The van der Waals surface area contributed by atoms with E-state index in [-0.39, 0.29) is 17.9 Å². The van der Waals surface area contributed by atoms with Crippen molar-refractivity contribution in [1.29, 1.82) is 5.26 Å².